The number of rotatable bonds is 3. The van der Waals surface area contributed by atoms with E-state index in [0.717, 1.165) is 35.5 Å². The van der Waals surface area contributed by atoms with E-state index in [1.54, 1.807) is 0 Å². The van der Waals surface area contributed by atoms with Gasteiger partial charge in [-0.25, -0.2) is 0 Å². The summed E-state index contributed by atoms with van der Waals surface area (Å²) in [5.41, 5.74) is 3.07. The van der Waals surface area contributed by atoms with Crippen LogP contribution in [0.15, 0.2) is 42.5 Å². The highest BCUT2D eigenvalue weighted by Gasteiger charge is 2.17. The van der Waals surface area contributed by atoms with Gasteiger partial charge in [-0.3, -0.25) is 0 Å². The van der Waals surface area contributed by atoms with E-state index in [4.69, 9.17) is 21.1 Å². The van der Waals surface area contributed by atoms with E-state index < -0.39 is 0 Å². The summed E-state index contributed by atoms with van der Waals surface area (Å²) in [6.07, 6.45) is 1.06. The molecule has 2 nitrogen and oxygen atoms in total. The average molecular weight is 313 g/mol. The van der Waals surface area contributed by atoms with Crippen LogP contribution >= 0.6 is 11.6 Å². The second kappa shape index (κ2) is 6.87. The quantitative estimate of drug-likeness (QED) is 0.774. The Balaban J connectivity index is 1.79. The van der Waals surface area contributed by atoms with E-state index in [2.05, 4.69) is 11.8 Å². The molecule has 0 saturated carbocycles. The molecule has 1 atom stereocenters. The monoisotopic (exact) mass is 312 g/mol. The summed E-state index contributed by atoms with van der Waals surface area (Å²) in [4.78, 5) is 0. The number of hydrogen-bond acceptors (Lipinski definition) is 2. The Morgan fingerprint density at radius 2 is 2.00 bits per heavy atom. The molecule has 0 aromatic heterocycles. The summed E-state index contributed by atoms with van der Waals surface area (Å²) < 4.78 is 11.2. The first-order valence-corrected chi connectivity index (χ1v) is 7.71. The fraction of sp³-hybridized carbons (Fsp3) is 0.263. The van der Waals surface area contributed by atoms with Gasteiger partial charge in [0.15, 0.2) is 0 Å². The second-order valence-electron chi connectivity index (χ2n) is 5.20. The molecule has 1 unspecified atom stereocenters. The molecule has 1 aliphatic heterocycles. The average Bonchev–Trinajstić information content (AvgIpc) is 3.02. The minimum Gasteiger partial charge on any atom is -0.488 e. The van der Waals surface area contributed by atoms with Gasteiger partial charge in [-0.1, -0.05) is 29.7 Å². The van der Waals surface area contributed by atoms with Crippen LogP contribution in [-0.4, -0.2) is 19.3 Å². The summed E-state index contributed by atoms with van der Waals surface area (Å²) in [7, 11) is 0. The summed E-state index contributed by atoms with van der Waals surface area (Å²) in [6, 6.07) is 13.9. The third kappa shape index (κ3) is 3.44. The Morgan fingerprint density at radius 3 is 2.64 bits per heavy atom. The van der Waals surface area contributed by atoms with Crippen LogP contribution in [0, 0.1) is 11.8 Å². The molecule has 0 radical (unpaired) electrons. The van der Waals surface area contributed by atoms with E-state index in [0.29, 0.717) is 11.6 Å². The molecule has 2 aromatic carbocycles. The van der Waals surface area contributed by atoms with Gasteiger partial charge in [0.05, 0.1) is 18.2 Å². The molecule has 2 aromatic rings. The van der Waals surface area contributed by atoms with Gasteiger partial charge in [-0.2, -0.15) is 0 Å². The molecule has 0 amide bonds. The molecule has 3 heteroatoms. The highest BCUT2D eigenvalue weighted by molar-refractivity contribution is 6.33. The predicted molar refractivity (Wildman–Crippen MR) is 89.3 cm³/mol. The van der Waals surface area contributed by atoms with Crippen molar-refractivity contribution in [2.24, 2.45) is 0 Å². The fourth-order valence-electron chi connectivity index (χ4n) is 2.48. The van der Waals surface area contributed by atoms with Crippen molar-refractivity contribution in [3.05, 3.63) is 53.1 Å². The Labute approximate surface area is 136 Å². The van der Waals surface area contributed by atoms with Gasteiger partial charge in [-0.15, -0.1) is 5.92 Å². The SMILES string of the molecule is CC#Cc1ccc(-c2ccc(OC3CCOC3)cc2Cl)cc1. The molecule has 112 valence electrons. The molecule has 3 rings (SSSR count). The Morgan fingerprint density at radius 1 is 1.18 bits per heavy atom. The Bertz CT molecular complexity index is 704. The third-order valence-electron chi connectivity index (χ3n) is 3.60. The fourth-order valence-corrected chi connectivity index (χ4v) is 2.76. The number of halogens is 1. The van der Waals surface area contributed by atoms with Crippen molar-refractivity contribution in [1.29, 1.82) is 0 Å². The normalized spacial score (nSPS) is 16.9. The van der Waals surface area contributed by atoms with E-state index >= 15 is 0 Å². The standard InChI is InChI=1S/C19H17ClO2/c1-2-3-14-4-6-15(7-5-14)18-9-8-16(12-19(18)20)22-17-10-11-21-13-17/h4-9,12,17H,10-11,13H2,1H3. The van der Waals surface area contributed by atoms with Crippen molar-refractivity contribution < 1.29 is 9.47 Å². The maximum Gasteiger partial charge on any atom is 0.124 e. The zero-order chi connectivity index (χ0) is 15.4. The van der Waals surface area contributed by atoms with E-state index in [-0.39, 0.29) is 6.10 Å². The zero-order valence-corrected chi connectivity index (χ0v) is 13.2. The Kier molecular flexibility index (Phi) is 4.68. The molecular weight excluding hydrogens is 296 g/mol. The number of hydrogen-bond donors (Lipinski definition) is 0. The molecule has 1 heterocycles. The maximum absolute atomic E-state index is 6.41. The first kappa shape index (κ1) is 15.0. The molecule has 0 spiro atoms. The lowest BCUT2D eigenvalue weighted by Gasteiger charge is -2.13. The van der Waals surface area contributed by atoms with Gasteiger partial charge >= 0.3 is 0 Å². The lowest BCUT2D eigenvalue weighted by molar-refractivity contribution is 0.141. The first-order chi connectivity index (χ1) is 10.8. The molecule has 1 fully saturated rings. The molecule has 0 bridgehead atoms. The van der Waals surface area contributed by atoms with Crippen molar-refractivity contribution in [2.75, 3.05) is 13.2 Å². The van der Waals surface area contributed by atoms with Crippen molar-refractivity contribution in [3.63, 3.8) is 0 Å². The van der Waals surface area contributed by atoms with Crippen LogP contribution in [0.1, 0.15) is 18.9 Å². The number of benzene rings is 2. The Hall–Kier alpha value is -1.95. The van der Waals surface area contributed by atoms with E-state index in [1.165, 1.54) is 0 Å². The lowest BCUT2D eigenvalue weighted by Crippen LogP contribution is -2.15. The predicted octanol–water partition coefficient (Wildman–Crippen LogP) is 4.55. The van der Waals surface area contributed by atoms with Gasteiger partial charge in [0, 0.05) is 17.5 Å². The van der Waals surface area contributed by atoms with Gasteiger partial charge in [0.2, 0.25) is 0 Å². The summed E-state index contributed by atoms with van der Waals surface area (Å²) in [5, 5.41) is 0.686. The minimum atomic E-state index is 0.133. The molecule has 0 aliphatic carbocycles. The maximum atomic E-state index is 6.41. The largest absolute Gasteiger partial charge is 0.488 e. The number of ether oxygens (including phenoxy) is 2. The van der Waals surface area contributed by atoms with Crippen molar-refractivity contribution >= 4 is 11.6 Å². The smallest absolute Gasteiger partial charge is 0.124 e. The minimum absolute atomic E-state index is 0.133. The van der Waals surface area contributed by atoms with Gasteiger partial charge in [0.25, 0.3) is 0 Å². The molecular formula is C19H17ClO2. The third-order valence-corrected chi connectivity index (χ3v) is 3.91. The van der Waals surface area contributed by atoms with Crippen molar-refractivity contribution in [1.82, 2.24) is 0 Å². The molecule has 1 saturated heterocycles. The van der Waals surface area contributed by atoms with Crippen LogP contribution in [0.2, 0.25) is 5.02 Å². The highest BCUT2D eigenvalue weighted by atomic mass is 35.5. The van der Waals surface area contributed by atoms with Gasteiger partial charge in [-0.05, 0) is 42.8 Å². The molecule has 22 heavy (non-hydrogen) atoms. The first-order valence-electron chi connectivity index (χ1n) is 7.33. The summed E-state index contributed by atoms with van der Waals surface area (Å²) >= 11 is 6.41. The van der Waals surface area contributed by atoms with E-state index in [1.807, 2.05) is 49.4 Å². The van der Waals surface area contributed by atoms with Crippen LogP contribution in [0.4, 0.5) is 0 Å². The van der Waals surface area contributed by atoms with Gasteiger partial charge in [0.1, 0.15) is 11.9 Å². The van der Waals surface area contributed by atoms with Crippen LogP contribution in [0.5, 0.6) is 5.75 Å². The lowest BCUT2D eigenvalue weighted by atomic mass is 10.0. The van der Waals surface area contributed by atoms with Crippen LogP contribution in [0.3, 0.4) is 0 Å². The zero-order valence-electron chi connectivity index (χ0n) is 12.4. The van der Waals surface area contributed by atoms with E-state index in [9.17, 15) is 0 Å². The molecule has 0 N–H and O–H groups in total. The van der Waals surface area contributed by atoms with Crippen molar-refractivity contribution in [3.8, 4) is 28.7 Å². The second-order valence-corrected chi connectivity index (χ2v) is 5.60. The topological polar surface area (TPSA) is 18.5 Å². The highest BCUT2D eigenvalue weighted by Crippen LogP contribution is 2.32. The van der Waals surface area contributed by atoms with Crippen LogP contribution < -0.4 is 4.74 Å². The summed E-state index contributed by atoms with van der Waals surface area (Å²) in [6.45, 7) is 3.25. The van der Waals surface area contributed by atoms with Crippen LogP contribution in [0.25, 0.3) is 11.1 Å². The molecule has 1 aliphatic rings. The summed E-state index contributed by atoms with van der Waals surface area (Å²) in [5.74, 6) is 6.72. The van der Waals surface area contributed by atoms with Gasteiger partial charge < -0.3 is 9.47 Å². The van der Waals surface area contributed by atoms with Crippen molar-refractivity contribution in [2.45, 2.75) is 19.4 Å². The van der Waals surface area contributed by atoms with Crippen LogP contribution in [-0.2, 0) is 4.74 Å².